The molecule has 0 radical (unpaired) electrons. The van der Waals surface area contributed by atoms with Gasteiger partial charge in [-0.3, -0.25) is 9.29 Å². The quantitative estimate of drug-likeness (QED) is 0.740. The van der Waals surface area contributed by atoms with Crippen molar-refractivity contribution in [2.75, 3.05) is 4.72 Å². The minimum atomic E-state index is -3.98. The Balaban J connectivity index is 2.00. The molecular formula is C15H12N2O6S. The Kier molecular flexibility index (Phi) is 3.64. The van der Waals surface area contributed by atoms with Crippen LogP contribution >= 0.6 is 0 Å². The van der Waals surface area contributed by atoms with Crippen molar-refractivity contribution in [1.82, 2.24) is 4.57 Å². The number of aryl methyl sites for hydroxylation is 1. The highest BCUT2D eigenvalue weighted by atomic mass is 32.2. The van der Waals surface area contributed by atoms with Gasteiger partial charge in [0.05, 0.1) is 21.7 Å². The number of aromatic nitrogens is 1. The Morgan fingerprint density at radius 2 is 1.96 bits per heavy atom. The van der Waals surface area contributed by atoms with Gasteiger partial charge in [0.25, 0.3) is 10.0 Å². The van der Waals surface area contributed by atoms with Gasteiger partial charge in [0.2, 0.25) is 0 Å². The van der Waals surface area contributed by atoms with Crippen LogP contribution in [-0.2, 0) is 17.1 Å². The molecule has 8 nitrogen and oxygen atoms in total. The van der Waals surface area contributed by atoms with E-state index in [2.05, 4.69) is 4.72 Å². The zero-order valence-corrected chi connectivity index (χ0v) is 13.2. The molecule has 0 unspecified atom stereocenters. The summed E-state index contributed by atoms with van der Waals surface area (Å²) in [5.41, 5.74) is 0.850. The second-order valence-electron chi connectivity index (χ2n) is 5.05. The third-order valence-electron chi connectivity index (χ3n) is 3.43. The molecule has 0 aliphatic heterocycles. The largest absolute Gasteiger partial charge is 0.478 e. The molecule has 2 aromatic carbocycles. The zero-order chi connectivity index (χ0) is 17.5. The molecule has 0 aliphatic rings. The van der Waals surface area contributed by atoms with Gasteiger partial charge in [-0.25, -0.2) is 18.0 Å². The fraction of sp³-hybridized carbons (Fsp3) is 0.0667. The minimum Gasteiger partial charge on any atom is -0.478 e. The fourth-order valence-corrected chi connectivity index (χ4v) is 3.30. The monoisotopic (exact) mass is 348 g/mol. The Labute approximate surface area is 136 Å². The van der Waals surface area contributed by atoms with Crippen LogP contribution in [0.25, 0.3) is 11.1 Å². The average Bonchev–Trinajstić information content (AvgIpc) is 2.82. The lowest BCUT2D eigenvalue weighted by Gasteiger charge is -2.08. The molecule has 0 bridgehead atoms. The van der Waals surface area contributed by atoms with Crippen LogP contribution in [0.1, 0.15) is 10.4 Å². The summed E-state index contributed by atoms with van der Waals surface area (Å²) in [6.07, 6.45) is 0. The maximum Gasteiger partial charge on any atom is 0.419 e. The molecule has 0 atom stereocenters. The molecule has 0 amide bonds. The topological polar surface area (TPSA) is 119 Å². The number of nitrogens with one attached hydrogen (secondary N) is 1. The van der Waals surface area contributed by atoms with Crippen molar-refractivity contribution in [1.29, 1.82) is 0 Å². The van der Waals surface area contributed by atoms with Gasteiger partial charge in [-0.15, -0.1) is 0 Å². The minimum absolute atomic E-state index is 0.134. The molecule has 0 fully saturated rings. The van der Waals surface area contributed by atoms with Crippen LogP contribution in [0.15, 0.2) is 56.6 Å². The average molecular weight is 348 g/mol. The normalized spacial score (nSPS) is 11.5. The number of carboxylic acid groups (broad SMARTS) is 1. The fourth-order valence-electron chi connectivity index (χ4n) is 2.20. The number of carboxylic acids is 1. The van der Waals surface area contributed by atoms with E-state index in [1.807, 2.05) is 0 Å². The number of sulfonamides is 1. The molecule has 9 heteroatoms. The van der Waals surface area contributed by atoms with Crippen LogP contribution in [0.4, 0.5) is 5.69 Å². The summed E-state index contributed by atoms with van der Waals surface area (Å²) >= 11 is 0. The van der Waals surface area contributed by atoms with Crippen LogP contribution < -0.4 is 10.5 Å². The number of fused-ring (bicyclic) bond motifs is 1. The second kappa shape index (κ2) is 5.53. The van der Waals surface area contributed by atoms with E-state index in [9.17, 15) is 18.0 Å². The summed E-state index contributed by atoms with van der Waals surface area (Å²) in [5, 5.41) is 8.96. The van der Waals surface area contributed by atoms with Gasteiger partial charge in [-0.2, -0.15) is 0 Å². The van der Waals surface area contributed by atoms with Crippen molar-refractivity contribution in [3.8, 4) is 0 Å². The van der Waals surface area contributed by atoms with Crippen LogP contribution in [0.2, 0.25) is 0 Å². The molecule has 3 aromatic rings. The van der Waals surface area contributed by atoms with Gasteiger partial charge in [0.1, 0.15) is 0 Å². The Morgan fingerprint density at radius 1 is 1.21 bits per heavy atom. The van der Waals surface area contributed by atoms with E-state index in [0.717, 1.165) is 6.07 Å². The maximum absolute atomic E-state index is 12.4. The SMILES string of the molecule is Cn1c(=O)oc2ccc(NS(=O)(=O)c3cccc(C(=O)O)c3)cc21. The number of aromatic carboxylic acids is 1. The molecule has 1 aromatic heterocycles. The molecule has 124 valence electrons. The number of hydrogen-bond donors (Lipinski definition) is 2. The van der Waals surface area contributed by atoms with Gasteiger partial charge in [0.15, 0.2) is 5.58 Å². The van der Waals surface area contributed by atoms with E-state index in [4.69, 9.17) is 9.52 Å². The summed E-state index contributed by atoms with van der Waals surface area (Å²) in [6, 6.07) is 9.39. The van der Waals surface area contributed by atoms with E-state index >= 15 is 0 Å². The van der Waals surface area contributed by atoms with Crippen molar-refractivity contribution in [3.63, 3.8) is 0 Å². The zero-order valence-electron chi connectivity index (χ0n) is 12.4. The highest BCUT2D eigenvalue weighted by Gasteiger charge is 2.17. The molecule has 0 saturated heterocycles. The lowest BCUT2D eigenvalue weighted by Crippen LogP contribution is -2.14. The number of benzene rings is 2. The lowest BCUT2D eigenvalue weighted by atomic mass is 10.2. The molecule has 0 saturated carbocycles. The molecule has 2 N–H and O–H groups in total. The lowest BCUT2D eigenvalue weighted by molar-refractivity contribution is 0.0696. The van der Waals surface area contributed by atoms with Crippen molar-refractivity contribution in [3.05, 3.63) is 58.6 Å². The van der Waals surface area contributed by atoms with Crippen LogP contribution in [0, 0.1) is 0 Å². The van der Waals surface area contributed by atoms with Crippen molar-refractivity contribution >= 4 is 32.8 Å². The van der Waals surface area contributed by atoms with Crippen molar-refractivity contribution < 1.29 is 22.7 Å². The van der Waals surface area contributed by atoms with Crippen molar-refractivity contribution in [2.24, 2.45) is 7.05 Å². The van der Waals surface area contributed by atoms with Crippen LogP contribution in [-0.4, -0.2) is 24.1 Å². The number of oxazole rings is 1. The van der Waals surface area contributed by atoms with Gasteiger partial charge in [0, 0.05) is 7.05 Å². The van der Waals surface area contributed by atoms with Crippen molar-refractivity contribution in [2.45, 2.75) is 4.90 Å². The van der Waals surface area contributed by atoms with E-state index in [1.165, 1.54) is 48.0 Å². The summed E-state index contributed by atoms with van der Waals surface area (Å²) in [4.78, 5) is 22.2. The van der Waals surface area contributed by atoms with Gasteiger partial charge in [-0.05, 0) is 36.4 Å². The third kappa shape index (κ3) is 2.76. The number of rotatable bonds is 4. The first-order valence-electron chi connectivity index (χ1n) is 6.74. The Hall–Kier alpha value is -3.07. The Bertz CT molecular complexity index is 1110. The Morgan fingerprint density at radius 3 is 2.67 bits per heavy atom. The molecule has 0 spiro atoms. The van der Waals surface area contributed by atoms with Crippen LogP contribution in [0.3, 0.4) is 0 Å². The van der Waals surface area contributed by atoms with E-state index in [1.54, 1.807) is 0 Å². The van der Waals surface area contributed by atoms with E-state index in [0.29, 0.717) is 11.1 Å². The number of hydrogen-bond acceptors (Lipinski definition) is 5. The summed E-state index contributed by atoms with van der Waals surface area (Å²) in [6.45, 7) is 0. The molecular weight excluding hydrogens is 336 g/mol. The molecule has 1 heterocycles. The highest BCUT2D eigenvalue weighted by molar-refractivity contribution is 7.92. The molecule has 24 heavy (non-hydrogen) atoms. The standard InChI is InChI=1S/C15H12N2O6S/c1-17-12-8-10(5-6-13(12)23-15(17)20)16-24(21,22)11-4-2-3-9(7-11)14(18)19/h2-8,16H,1H3,(H,18,19). The first-order valence-corrected chi connectivity index (χ1v) is 8.22. The first-order chi connectivity index (χ1) is 11.3. The number of anilines is 1. The first kappa shape index (κ1) is 15.8. The molecule has 0 aliphatic carbocycles. The highest BCUT2D eigenvalue weighted by Crippen LogP contribution is 2.21. The maximum atomic E-state index is 12.4. The third-order valence-corrected chi connectivity index (χ3v) is 4.81. The van der Waals surface area contributed by atoms with E-state index < -0.39 is 21.7 Å². The van der Waals surface area contributed by atoms with E-state index in [-0.39, 0.29) is 16.1 Å². The summed E-state index contributed by atoms with van der Waals surface area (Å²) < 4.78 is 33.4. The summed E-state index contributed by atoms with van der Waals surface area (Å²) in [5.74, 6) is -1.78. The van der Waals surface area contributed by atoms with Gasteiger partial charge >= 0.3 is 11.7 Å². The predicted molar refractivity (Wildman–Crippen MR) is 85.7 cm³/mol. The van der Waals surface area contributed by atoms with Crippen LogP contribution in [0.5, 0.6) is 0 Å². The predicted octanol–water partition coefficient (Wildman–Crippen LogP) is 1.63. The second-order valence-corrected chi connectivity index (χ2v) is 6.73. The summed E-state index contributed by atoms with van der Waals surface area (Å²) in [7, 11) is -2.47. The smallest absolute Gasteiger partial charge is 0.419 e. The van der Waals surface area contributed by atoms with Gasteiger partial charge in [-0.1, -0.05) is 6.07 Å². The molecule has 3 rings (SSSR count). The number of carbonyl (C=O) groups is 1. The number of nitrogens with zero attached hydrogens (tertiary/aromatic N) is 1. The van der Waals surface area contributed by atoms with Gasteiger partial charge < -0.3 is 9.52 Å².